The molecule has 3 amide bonds. The van der Waals surface area contributed by atoms with Gasteiger partial charge in [0.2, 0.25) is 0 Å². The largest absolute Gasteiger partial charge is 0.369 e. The van der Waals surface area contributed by atoms with Crippen molar-refractivity contribution >= 4 is 17.9 Å². The molecule has 1 saturated heterocycles. The number of rotatable bonds is 10. The standard InChI is InChI=1S/C28H44N6O2/c1-2-3-15-28(18-21-7-5-4-6-8-21)25(35)34(26(29)33-28)20-23-11-9-22(10-12-23)19-31-27(36)32-24-13-16-30-17-14-24/h9-12,21,24,30H,2-8,13-20H2,1H3,(H2,29,33)(H2,31,32,36). The van der Waals surface area contributed by atoms with Gasteiger partial charge in [-0.05, 0) is 55.8 Å². The van der Waals surface area contributed by atoms with E-state index in [1.54, 1.807) is 4.90 Å². The molecule has 5 N–H and O–H groups in total. The Balaban J connectivity index is 1.32. The highest BCUT2D eigenvalue weighted by Crippen LogP contribution is 2.39. The Morgan fingerprint density at radius 1 is 1.11 bits per heavy atom. The predicted molar refractivity (Wildman–Crippen MR) is 143 cm³/mol. The highest BCUT2D eigenvalue weighted by atomic mass is 16.2. The van der Waals surface area contributed by atoms with Gasteiger partial charge in [-0.25, -0.2) is 9.79 Å². The molecule has 1 unspecified atom stereocenters. The number of hydrogen-bond acceptors (Lipinski definition) is 5. The molecule has 2 aliphatic heterocycles. The van der Waals surface area contributed by atoms with Crippen LogP contribution in [0.1, 0.15) is 88.7 Å². The van der Waals surface area contributed by atoms with Crippen molar-refractivity contribution in [2.75, 3.05) is 13.1 Å². The number of carbonyl (C=O) groups is 2. The maximum atomic E-state index is 13.7. The van der Waals surface area contributed by atoms with Crippen LogP contribution in [0.5, 0.6) is 0 Å². The van der Waals surface area contributed by atoms with Crippen LogP contribution in [0, 0.1) is 5.92 Å². The van der Waals surface area contributed by atoms with Crippen LogP contribution in [0.15, 0.2) is 29.3 Å². The number of benzene rings is 1. The van der Waals surface area contributed by atoms with E-state index in [0.717, 1.165) is 62.7 Å². The second kappa shape index (κ2) is 12.6. The number of nitrogens with one attached hydrogen (secondary N) is 3. The number of aliphatic imine (C=N–C) groups is 1. The minimum atomic E-state index is -0.687. The summed E-state index contributed by atoms with van der Waals surface area (Å²) in [4.78, 5) is 32.4. The summed E-state index contributed by atoms with van der Waals surface area (Å²) in [5, 5.41) is 9.30. The van der Waals surface area contributed by atoms with Gasteiger partial charge in [0.25, 0.3) is 5.91 Å². The average Bonchev–Trinajstić information content (AvgIpc) is 3.12. The Morgan fingerprint density at radius 2 is 1.81 bits per heavy atom. The lowest BCUT2D eigenvalue weighted by Gasteiger charge is -2.32. The summed E-state index contributed by atoms with van der Waals surface area (Å²) >= 11 is 0. The van der Waals surface area contributed by atoms with Gasteiger partial charge in [0.1, 0.15) is 5.54 Å². The number of hydrogen-bond donors (Lipinski definition) is 4. The molecule has 1 aliphatic carbocycles. The smallest absolute Gasteiger partial charge is 0.315 e. The zero-order chi connectivity index (χ0) is 25.4. The highest BCUT2D eigenvalue weighted by molar-refractivity contribution is 6.06. The van der Waals surface area contributed by atoms with Gasteiger partial charge in [0, 0.05) is 12.6 Å². The van der Waals surface area contributed by atoms with Crippen molar-refractivity contribution in [3.05, 3.63) is 35.4 Å². The molecule has 0 aromatic heterocycles. The lowest BCUT2D eigenvalue weighted by Crippen LogP contribution is -2.46. The minimum absolute atomic E-state index is 0.0688. The second-order valence-corrected chi connectivity index (χ2v) is 10.9. The minimum Gasteiger partial charge on any atom is -0.369 e. The molecule has 0 bridgehead atoms. The van der Waals surface area contributed by atoms with Crippen LogP contribution >= 0.6 is 0 Å². The van der Waals surface area contributed by atoms with Crippen molar-refractivity contribution < 1.29 is 9.59 Å². The fraction of sp³-hybridized carbons (Fsp3) is 0.679. The number of nitrogens with zero attached hydrogens (tertiary/aromatic N) is 2. The number of amides is 3. The summed E-state index contributed by atoms with van der Waals surface area (Å²) in [6.45, 7) is 4.94. The molecule has 1 aromatic carbocycles. The Labute approximate surface area is 215 Å². The third-order valence-corrected chi connectivity index (χ3v) is 8.03. The molecular weight excluding hydrogens is 452 g/mol. The van der Waals surface area contributed by atoms with E-state index >= 15 is 0 Å². The Bertz CT molecular complexity index is 905. The predicted octanol–water partition coefficient (Wildman–Crippen LogP) is 3.79. The maximum absolute atomic E-state index is 13.7. The SMILES string of the molecule is CCCCC1(CC2CCCCC2)N=C(N)N(Cc2ccc(CNC(=O)NC3CCNCC3)cc2)C1=O. The first-order chi connectivity index (χ1) is 17.5. The van der Waals surface area contributed by atoms with Gasteiger partial charge in [-0.3, -0.25) is 9.69 Å². The van der Waals surface area contributed by atoms with E-state index in [-0.39, 0.29) is 18.0 Å². The van der Waals surface area contributed by atoms with Crippen LogP contribution in [-0.2, 0) is 17.9 Å². The normalized spacial score (nSPS) is 23.5. The summed E-state index contributed by atoms with van der Waals surface area (Å²) < 4.78 is 0. The first kappa shape index (κ1) is 26.5. The van der Waals surface area contributed by atoms with E-state index in [1.165, 1.54) is 32.1 Å². The quantitative estimate of drug-likeness (QED) is 0.395. The van der Waals surface area contributed by atoms with E-state index in [0.29, 0.717) is 25.0 Å². The third kappa shape index (κ3) is 6.78. The highest BCUT2D eigenvalue weighted by Gasteiger charge is 2.48. The summed E-state index contributed by atoms with van der Waals surface area (Å²) in [6.07, 6.45) is 11.8. The number of guanidine groups is 1. The third-order valence-electron chi connectivity index (χ3n) is 8.03. The fourth-order valence-corrected chi connectivity index (χ4v) is 5.90. The number of urea groups is 1. The topological polar surface area (TPSA) is 112 Å². The van der Waals surface area contributed by atoms with Gasteiger partial charge >= 0.3 is 6.03 Å². The van der Waals surface area contributed by atoms with Gasteiger partial charge in [0.15, 0.2) is 5.96 Å². The fourth-order valence-electron chi connectivity index (χ4n) is 5.90. The van der Waals surface area contributed by atoms with E-state index in [2.05, 4.69) is 22.9 Å². The molecule has 4 rings (SSSR count). The lowest BCUT2D eigenvalue weighted by molar-refractivity contribution is -0.132. The van der Waals surface area contributed by atoms with Gasteiger partial charge in [-0.15, -0.1) is 0 Å². The zero-order valence-electron chi connectivity index (χ0n) is 21.9. The molecule has 1 aromatic rings. The van der Waals surface area contributed by atoms with Crippen LogP contribution in [0.3, 0.4) is 0 Å². The number of nitrogens with two attached hydrogens (primary N) is 1. The first-order valence-corrected chi connectivity index (χ1v) is 14.0. The number of unbranched alkanes of at least 4 members (excludes halogenated alkanes) is 1. The summed E-state index contributed by atoms with van der Waals surface area (Å²) in [5.41, 5.74) is 7.69. The molecule has 2 heterocycles. The molecule has 8 nitrogen and oxygen atoms in total. The molecule has 8 heteroatoms. The number of carbonyl (C=O) groups excluding carboxylic acids is 2. The second-order valence-electron chi connectivity index (χ2n) is 10.9. The Hall–Kier alpha value is -2.61. The van der Waals surface area contributed by atoms with Crippen molar-refractivity contribution in [3.8, 4) is 0 Å². The molecule has 0 spiro atoms. The average molecular weight is 497 g/mol. The number of piperidine rings is 1. The molecule has 198 valence electrons. The van der Waals surface area contributed by atoms with Crippen LogP contribution in [0.25, 0.3) is 0 Å². The maximum Gasteiger partial charge on any atom is 0.315 e. The first-order valence-electron chi connectivity index (χ1n) is 14.0. The van der Waals surface area contributed by atoms with E-state index < -0.39 is 5.54 Å². The summed E-state index contributed by atoms with van der Waals surface area (Å²) in [5.74, 6) is 0.987. The molecular formula is C28H44N6O2. The van der Waals surface area contributed by atoms with Crippen LogP contribution in [-0.4, -0.2) is 47.5 Å². The monoisotopic (exact) mass is 496 g/mol. The van der Waals surface area contributed by atoms with E-state index in [1.807, 2.05) is 24.3 Å². The molecule has 36 heavy (non-hydrogen) atoms. The molecule has 1 atom stereocenters. The van der Waals surface area contributed by atoms with E-state index in [9.17, 15) is 9.59 Å². The molecule has 3 aliphatic rings. The van der Waals surface area contributed by atoms with Crippen LogP contribution in [0.2, 0.25) is 0 Å². The lowest BCUT2D eigenvalue weighted by atomic mass is 9.77. The Kier molecular flexibility index (Phi) is 9.24. The van der Waals surface area contributed by atoms with Crippen molar-refractivity contribution in [1.29, 1.82) is 0 Å². The summed E-state index contributed by atoms with van der Waals surface area (Å²) in [6, 6.07) is 8.13. The van der Waals surface area contributed by atoms with Crippen molar-refractivity contribution in [2.24, 2.45) is 16.6 Å². The van der Waals surface area contributed by atoms with Crippen molar-refractivity contribution in [2.45, 2.75) is 102 Å². The van der Waals surface area contributed by atoms with Crippen molar-refractivity contribution in [3.63, 3.8) is 0 Å². The van der Waals surface area contributed by atoms with E-state index in [4.69, 9.17) is 10.7 Å². The van der Waals surface area contributed by atoms with Crippen LogP contribution in [0.4, 0.5) is 4.79 Å². The zero-order valence-corrected chi connectivity index (χ0v) is 21.9. The van der Waals surface area contributed by atoms with Gasteiger partial charge in [-0.1, -0.05) is 76.1 Å². The van der Waals surface area contributed by atoms with Crippen molar-refractivity contribution in [1.82, 2.24) is 20.9 Å². The van der Waals surface area contributed by atoms with Gasteiger partial charge in [0.05, 0.1) is 6.54 Å². The molecule has 2 fully saturated rings. The molecule has 0 radical (unpaired) electrons. The van der Waals surface area contributed by atoms with Gasteiger partial charge in [-0.2, -0.15) is 0 Å². The van der Waals surface area contributed by atoms with Gasteiger partial charge < -0.3 is 21.7 Å². The summed E-state index contributed by atoms with van der Waals surface area (Å²) in [7, 11) is 0. The van der Waals surface area contributed by atoms with Crippen LogP contribution < -0.4 is 21.7 Å². The molecule has 1 saturated carbocycles. The Morgan fingerprint density at radius 3 is 2.50 bits per heavy atom.